The van der Waals surface area contributed by atoms with Gasteiger partial charge in [-0.2, -0.15) is 0 Å². The Hall–Kier alpha value is -1.43. The fourth-order valence-electron chi connectivity index (χ4n) is 2.47. The van der Waals surface area contributed by atoms with Crippen molar-refractivity contribution in [3.05, 3.63) is 53.0 Å². The molecule has 0 bridgehead atoms. The molecule has 0 spiro atoms. The predicted molar refractivity (Wildman–Crippen MR) is 94.4 cm³/mol. The molecule has 0 aliphatic carbocycles. The van der Waals surface area contributed by atoms with Crippen LogP contribution in [-0.4, -0.2) is 34.4 Å². The highest BCUT2D eigenvalue weighted by Gasteiger charge is 2.34. The van der Waals surface area contributed by atoms with Crippen molar-refractivity contribution < 1.29 is 9.53 Å². The fraction of sp³-hybridized carbons (Fsp3) is 0.294. The topological polar surface area (TPSA) is 29.5 Å². The number of hydrogen-bond acceptors (Lipinski definition) is 4. The molecule has 1 aromatic carbocycles. The second-order valence-electron chi connectivity index (χ2n) is 5.22. The molecular weight excluding hydrogens is 314 g/mol. The van der Waals surface area contributed by atoms with Crippen LogP contribution in [0, 0.1) is 0 Å². The molecule has 3 rings (SSSR count). The van der Waals surface area contributed by atoms with E-state index < -0.39 is 0 Å². The van der Waals surface area contributed by atoms with E-state index in [-0.39, 0.29) is 12.0 Å². The highest BCUT2D eigenvalue weighted by Crippen LogP contribution is 2.32. The van der Waals surface area contributed by atoms with Gasteiger partial charge >= 0.3 is 0 Å². The zero-order chi connectivity index (χ0) is 15.4. The number of amides is 1. The van der Waals surface area contributed by atoms with E-state index in [1.807, 2.05) is 48.6 Å². The summed E-state index contributed by atoms with van der Waals surface area (Å²) in [6.45, 7) is 1.36. The molecule has 2 heterocycles. The monoisotopic (exact) mass is 331 g/mol. The average molecular weight is 331 g/mol. The first kappa shape index (κ1) is 15.5. The number of ether oxygens (including phenoxy) is 1. The number of allylic oxidation sites excluding steroid dienone is 2. The quantitative estimate of drug-likeness (QED) is 0.622. The van der Waals surface area contributed by atoms with Crippen LogP contribution in [0.15, 0.2) is 47.4 Å². The van der Waals surface area contributed by atoms with Crippen LogP contribution in [0.3, 0.4) is 0 Å². The highest BCUT2D eigenvalue weighted by atomic mass is 32.2. The maximum atomic E-state index is 12.4. The molecule has 0 radical (unpaired) electrons. The third kappa shape index (κ3) is 3.66. The Bertz CT molecular complexity index is 619. The van der Waals surface area contributed by atoms with Crippen molar-refractivity contribution in [2.45, 2.75) is 18.9 Å². The van der Waals surface area contributed by atoms with E-state index >= 15 is 0 Å². The van der Waals surface area contributed by atoms with Gasteiger partial charge in [-0.05, 0) is 24.5 Å². The van der Waals surface area contributed by atoms with Crippen molar-refractivity contribution in [3.8, 4) is 0 Å². The number of rotatable bonds is 4. The van der Waals surface area contributed by atoms with Crippen LogP contribution in [0.1, 0.15) is 18.4 Å². The number of nitrogens with zero attached hydrogens (tertiary/aromatic N) is 1. The van der Waals surface area contributed by atoms with Gasteiger partial charge in [0, 0.05) is 6.61 Å². The lowest BCUT2D eigenvalue weighted by Gasteiger charge is -2.18. The zero-order valence-corrected chi connectivity index (χ0v) is 13.7. The lowest BCUT2D eigenvalue weighted by molar-refractivity contribution is -0.123. The van der Waals surface area contributed by atoms with Gasteiger partial charge in [0.05, 0.1) is 17.6 Å². The molecule has 114 valence electrons. The minimum atomic E-state index is -0.0109. The summed E-state index contributed by atoms with van der Waals surface area (Å²) >= 11 is 6.68. The van der Waals surface area contributed by atoms with Crippen LogP contribution >= 0.6 is 24.0 Å². The molecule has 0 N–H and O–H groups in total. The van der Waals surface area contributed by atoms with Gasteiger partial charge in [-0.15, -0.1) is 0 Å². The summed E-state index contributed by atoms with van der Waals surface area (Å²) in [5, 5.41) is 0. The third-order valence-electron chi connectivity index (χ3n) is 3.62. The minimum Gasteiger partial charge on any atom is -0.376 e. The molecular formula is C17H17NO2S2. The maximum absolute atomic E-state index is 12.4. The molecule has 22 heavy (non-hydrogen) atoms. The minimum absolute atomic E-state index is 0.0109. The summed E-state index contributed by atoms with van der Waals surface area (Å²) in [4.78, 5) is 14.7. The van der Waals surface area contributed by atoms with Crippen LogP contribution < -0.4 is 0 Å². The number of carbonyl (C=O) groups is 1. The number of hydrogen-bond donors (Lipinski definition) is 0. The second-order valence-corrected chi connectivity index (χ2v) is 6.90. The molecule has 2 fully saturated rings. The van der Waals surface area contributed by atoms with E-state index in [9.17, 15) is 4.79 Å². The van der Waals surface area contributed by atoms with Crippen molar-refractivity contribution in [1.82, 2.24) is 4.90 Å². The standard InChI is InChI=1S/C17H17NO2S2/c19-16-15(10-4-8-13-6-2-1-3-7-13)22-17(21)18(16)12-14-9-5-11-20-14/h1-4,6-8,10,14H,5,9,11-12H2/b8-4+,15-10+. The van der Waals surface area contributed by atoms with E-state index in [2.05, 4.69) is 0 Å². The van der Waals surface area contributed by atoms with Crippen molar-refractivity contribution in [2.24, 2.45) is 0 Å². The molecule has 3 nitrogen and oxygen atoms in total. The zero-order valence-electron chi connectivity index (χ0n) is 12.1. The van der Waals surface area contributed by atoms with Gasteiger partial charge < -0.3 is 4.74 Å². The largest absolute Gasteiger partial charge is 0.376 e. The van der Waals surface area contributed by atoms with E-state index in [0.29, 0.717) is 15.8 Å². The normalized spacial score (nSPS) is 24.1. The summed E-state index contributed by atoms with van der Waals surface area (Å²) in [5.41, 5.74) is 1.11. The molecule has 2 aliphatic rings. The van der Waals surface area contributed by atoms with Crippen LogP contribution in [-0.2, 0) is 9.53 Å². The van der Waals surface area contributed by atoms with Crippen LogP contribution in [0.4, 0.5) is 0 Å². The molecule has 0 saturated carbocycles. The van der Waals surface area contributed by atoms with Crippen LogP contribution in [0.2, 0.25) is 0 Å². The first-order valence-corrected chi connectivity index (χ1v) is 8.55. The Morgan fingerprint density at radius 2 is 2.18 bits per heavy atom. The average Bonchev–Trinajstić information content (AvgIpc) is 3.13. The molecule has 0 aromatic heterocycles. The van der Waals surface area contributed by atoms with Gasteiger partial charge in [0.15, 0.2) is 0 Å². The Balaban J connectivity index is 1.65. The molecule has 1 aromatic rings. The maximum Gasteiger partial charge on any atom is 0.266 e. The molecule has 2 saturated heterocycles. The summed E-state index contributed by atoms with van der Waals surface area (Å²) in [6.07, 6.45) is 7.91. The van der Waals surface area contributed by atoms with Gasteiger partial charge in [0.1, 0.15) is 4.32 Å². The van der Waals surface area contributed by atoms with Crippen molar-refractivity contribution in [1.29, 1.82) is 0 Å². The lowest BCUT2D eigenvalue weighted by atomic mass is 10.2. The first-order valence-electron chi connectivity index (χ1n) is 7.33. The lowest BCUT2D eigenvalue weighted by Crippen LogP contribution is -2.35. The van der Waals surface area contributed by atoms with Gasteiger partial charge in [-0.25, -0.2) is 0 Å². The van der Waals surface area contributed by atoms with Crippen molar-refractivity contribution in [2.75, 3.05) is 13.2 Å². The summed E-state index contributed by atoms with van der Waals surface area (Å²) in [6, 6.07) is 10.00. The Kier molecular flexibility index (Phi) is 5.08. The van der Waals surface area contributed by atoms with E-state index in [1.165, 1.54) is 11.8 Å². The van der Waals surface area contributed by atoms with Crippen LogP contribution in [0.5, 0.6) is 0 Å². The van der Waals surface area contributed by atoms with Gasteiger partial charge in [-0.3, -0.25) is 9.69 Å². The van der Waals surface area contributed by atoms with E-state index in [4.69, 9.17) is 17.0 Å². The van der Waals surface area contributed by atoms with Crippen LogP contribution in [0.25, 0.3) is 6.08 Å². The molecule has 1 atom stereocenters. The third-order valence-corrected chi connectivity index (χ3v) is 5.02. The SMILES string of the molecule is O=C1/C(=C\C=C\c2ccccc2)SC(=S)N1CC1CCCO1. The van der Waals surface area contributed by atoms with E-state index in [0.717, 1.165) is 25.0 Å². The van der Waals surface area contributed by atoms with E-state index in [1.54, 1.807) is 4.90 Å². The smallest absolute Gasteiger partial charge is 0.266 e. The molecule has 5 heteroatoms. The Labute approximate surface area is 140 Å². The number of thiocarbonyl (C=S) groups is 1. The Morgan fingerprint density at radius 1 is 1.36 bits per heavy atom. The number of carbonyl (C=O) groups excluding carboxylic acids is 1. The second kappa shape index (κ2) is 7.22. The summed E-state index contributed by atoms with van der Waals surface area (Å²) < 4.78 is 6.21. The van der Waals surface area contributed by atoms with Crippen molar-refractivity contribution >= 4 is 40.3 Å². The highest BCUT2D eigenvalue weighted by molar-refractivity contribution is 8.26. The van der Waals surface area contributed by atoms with Gasteiger partial charge in [-0.1, -0.05) is 66.5 Å². The fourth-order valence-corrected chi connectivity index (χ4v) is 3.70. The number of benzene rings is 1. The molecule has 1 amide bonds. The number of thioether (sulfide) groups is 1. The predicted octanol–water partition coefficient (Wildman–Crippen LogP) is 3.62. The Morgan fingerprint density at radius 3 is 2.91 bits per heavy atom. The van der Waals surface area contributed by atoms with Gasteiger partial charge in [0.25, 0.3) is 5.91 Å². The summed E-state index contributed by atoms with van der Waals surface area (Å²) in [5.74, 6) is -0.0109. The van der Waals surface area contributed by atoms with Crippen molar-refractivity contribution in [3.63, 3.8) is 0 Å². The first-order chi connectivity index (χ1) is 10.7. The molecule has 2 aliphatic heterocycles. The molecule has 1 unspecified atom stereocenters. The van der Waals surface area contributed by atoms with Gasteiger partial charge in [0.2, 0.25) is 0 Å². The summed E-state index contributed by atoms with van der Waals surface area (Å²) in [7, 11) is 0.